The van der Waals surface area contributed by atoms with Crippen LogP contribution < -0.4 is 5.48 Å². The summed E-state index contributed by atoms with van der Waals surface area (Å²) in [5.41, 5.74) is 1.90. The van der Waals surface area contributed by atoms with E-state index in [0.717, 1.165) is 6.04 Å². The van der Waals surface area contributed by atoms with Gasteiger partial charge >= 0.3 is 6.16 Å². The van der Waals surface area contributed by atoms with Crippen LogP contribution in [0.15, 0.2) is 0 Å². The summed E-state index contributed by atoms with van der Waals surface area (Å²) < 4.78 is 4.76. The van der Waals surface area contributed by atoms with E-state index in [4.69, 9.17) is 4.74 Å². The molecule has 0 bridgehead atoms. The Hall–Kier alpha value is -1.37. The molecule has 0 aromatic carbocycles. The number of nitrogens with one attached hydrogen (secondary N) is 1. The Bertz CT molecular complexity index is 274. The zero-order chi connectivity index (χ0) is 13.3. The van der Waals surface area contributed by atoms with Crippen molar-refractivity contribution in [1.82, 2.24) is 5.48 Å². The number of carbonyl (C=O) groups excluding carboxylic acids is 3. The predicted octanol–water partition coefficient (Wildman–Crippen LogP) is 1.49. The van der Waals surface area contributed by atoms with Crippen LogP contribution in [0.25, 0.3) is 0 Å². The standard InChI is InChI=1S/C10H19NO5Si/c1-17(2,3)8-7-15-10(14)16-11-9(13)5-4-6-12/h6H,4-5,7-8H2,1-3H3,(H,11,13). The van der Waals surface area contributed by atoms with Crippen molar-refractivity contribution >= 4 is 26.4 Å². The number of amides is 1. The molecule has 98 valence electrons. The summed E-state index contributed by atoms with van der Waals surface area (Å²) >= 11 is 0. The number of hydroxylamine groups is 1. The van der Waals surface area contributed by atoms with E-state index in [1.54, 1.807) is 0 Å². The van der Waals surface area contributed by atoms with Crippen molar-refractivity contribution in [1.29, 1.82) is 0 Å². The third-order valence-electron chi connectivity index (χ3n) is 1.81. The highest BCUT2D eigenvalue weighted by molar-refractivity contribution is 6.76. The van der Waals surface area contributed by atoms with Gasteiger partial charge < -0.3 is 14.4 Å². The molecule has 0 aromatic rings. The lowest BCUT2D eigenvalue weighted by atomic mass is 10.3. The molecule has 0 aliphatic heterocycles. The minimum Gasteiger partial charge on any atom is -0.433 e. The summed E-state index contributed by atoms with van der Waals surface area (Å²) in [5, 5.41) is 0. The van der Waals surface area contributed by atoms with Gasteiger partial charge in [-0.3, -0.25) is 4.79 Å². The molecule has 0 atom stereocenters. The lowest BCUT2D eigenvalue weighted by Gasteiger charge is -2.14. The van der Waals surface area contributed by atoms with E-state index in [0.29, 0.717) is 12.9 Å². The zero-order valence-electron chi connectivity index (χ0n) is 10.4. The van der Waals surface area contributed by atoms with Crippen molar-refractivity contribution in [2.45, 2.75) is 38.5 Å². The van der Waals surface area contributed by atoms with Crippen molar-refractivity contribution in [3.05, 3.63) is 0 Å². The van der Waals surface area contributed by atoms with Gasteiger partial charge in [0.25, 0.3) is 5.91 Å². The molecular formula is C10H19NO5Si. The maximum atomic E-state index is 11.0. The lowest BCUT2D eigenvalue weighted by Crippen LogP contribution is -2.28. The van der Waals surface area contributed by atoms with Gasteiger partial charge in [0, 0.05) is 20.9 Å². The second-order valence-electron chi connectivity index (χ2n) is 4.74. The summed E-state index contributed by atoms with van der Waals surface area (Å²) in [6.07, 6.45) is -0.222. The van der Waals surface area contributed by atoms with Crippen LogP contribution in [0.2, 0.25) is 25.7 Å². The van der Waals surface area contributed by atoms with Gasteiger partial charge in [0.2, 0.25) is 0 Å². The Morgan fingerprint density at radius 2 is 1.94 bits per heavy atom. The molecule has 6 nitrogen and oxygen atoms in total. The normalized spacial score (nSPS) is 10.5. The van der Waals surface area contributed by atoms with E-state index in [-0.39, 0.29) is 12.8 Å². The van der Waals surface area contributed by atoms with Crippen molar-refractivity contribution in [3.63, 3.8) is 0 Å². The topological polar surface area (TPSA) is 81.7 Å². The van der Waals surface area contributed by atoms with Gasteiger partial charge in [0.15, 0.2) is 0 Å². The SMILES string of the molecule is C[Si](C)(C)CCOC(=O)ONC(=O)CCC=O. The van der Waals surface area contributed by atoms with Gasteiger partial charge in [-0.05, 0) is 6.04 Å². The molecule has 0 saturated heterocycles. The third kappa shape index (κ3) is 10.9. The summed E-state index contributed by atoms with van der Waals surface area (Å²) in [6, 6.07) is 0.835. The Balaban J connectivity index is 3.59. The molecule has 0 aliphatic carbocycles. The number of rotatable bonds is 6. The Morgan fingerprint density at radius 1 is 1.29 bits per heavy atom. The van der Waals surface area contributed by atoms with Crippen molar-refractivity contribution in [2.75, 3.05) is 6.61 Å². The highest BCUT2D eigenvalue weighted by Crippen LogP contribution is 2.07. The molecule has 0 saturated carbocycles. The van der Waals surface area contributed by atoms with Gasteiger partial charge in [-0.15, -0.1) is 0 Å². The van der Waals surface area contributed by atoms with E-state index < -0.39 is 20.1 Å². The van der Waals surface area contributed by atoms with Gasteiger partial charge in [0.1, 0.15) is 6.29 Å². The molecule has 0 heterocycles. The van der Waals surface area contributed by atoms with Gasteiger partial charge in [0.05, 0.1) is 6.61 Å². The summed E-state index contributed by atoms with van der Waals surface area (Å²) in [4.78, 5) is 36.3. The van der Waals surface area contributed by atoms with E-state index in [1.807, 2.05) is 5.48 Å². The average molecular weight is 261 g/mol. The van der Waals surface area contributed by atoms with Crippen LogP contribution >= 0.6 is 0 Å². The van der Waals surface area contributed by atoms with Crippen molar-refractivity contribution in [2.24, 2.45) is 0 Å². The number of carbonyl (C=O) groups is 3. The smallest absolute Gasteiger partial charge is 0.433 e. The van der Waals surface area contributed by atoms with Crippen LogP contribution in [0.5, 0.6) is 0 Å². The highest BCUT2D eigenvalue weighted by atomic mass is 28.3. The first-order valence-corrected chi connectivity index (χ1v) is 9.12. The number of aldehydes is 1. The second-order valence-corrected chi connectivity index (χ2v) is 10.4. The summed E-state index contributed by atoms with van der Waals surface area (Å²) in [6.45, 7) is 6.76. The monoisotopic (exact) mass is 261 g/mol. The fourth-order valence-electron chi connectivity index (χ4n) is 0.810. The van der Waals surface area contributed by atoms with Crippen molar-refractivity contribution < 1.29 is 24.0 Å². The molecule has 1 amide bonds. The molecular weight excluding hydrogens is 242 g/mol. The van der Waals surface area contributed by atoms with Crippen LogP contribution in [0.1, 0.15) is 12.8 Å². The number of ether oxygens (including phenoxy) is 1. The predicted molar refractivity (Wildman–Crippen MR) is 64.0 cm³/mol. The van der Waals surface area contributed by atoms with Gasteiger partial charge in [-0.2, -0.15) is 5.48 Å². The zero-order valence-corrected chi connectivity index (χ0v) is 11.4. The molecule has 0 fully saturated rings. The summed E-state index contributed by atoms with van der Waals surface area (Å²) in [5.74, 6) is -0.528. The van der Waals surface area contributed by atoms with Crippen LogP contribution in [-0.4, -0.2) is 33.0 Å². The minimum absolute atomic E-state index is 0.00825. The van der Waals surface area contributed by atoms with Crippen LogP contribution in [0, 0.1) is 0 Å². The molecule has 1 N–H and O–H groups in total. The third-order valence-corrected chi connectivity index (χ3v) is 3.51. The molecule has 0 rings (SSSR count). The first kappa shape index (κ1) is 15.6. The average Bonchev–Trinajstić information content (AvgIpc) is 2.21. The van der Waals surface area contributed by atoms with Crippen LogP contribution in [-0.2, 0) is 19.2 Å². The summed E-state index contributed by atoms with van der Waals surface area (Å²) in [7, 11) is -1.25. The fraction of sp³-hybridized carbons (Fsp3) is 0.700. The molecule has 0 aliphatic rings. The molecule has 17 heavy (non-hydrogen) atoms. The maximum Gasteiger partial charge on any atom is 0.533 e. The maximum absolute atomic E-state index is 11.0. The first-order chi connectivity index (χ1) is 7.85. The molecule has 0 unspecified atom stereocenters. The molecule has 0 aromatic heterocycles. The number of hydrogen-bond donors (Lipinski definition) is 1. The van der Waals surface area contributed by atoms with Gasteiger partial charge in [-0.25, -0.2) is 4.79 Å². The molecule has 7 heteroatoms. The quantitative estimate of drug-likeness (QED) is 0.339. The molecule has 0 spiro atoms. The Kier molecular flexibility index (Phi) is 7.20. The molecule has 0 radical (unpaired) electrons. The van der Waals surface area contributed by atoms with Crippen LogP contribution in [0.3, 0.4) is 0 Å². The second kappa shape index (κ2) is 7.83. The van der Waals surface area contributed by atoms with Gasteiger partial charge in [-0.1, -0.05) is 19.6 Å². The highest BCUT2D eigenvalue weighted by Gasteiger charge is 2.14. The van der Waals surface area contributed by atoms with Crippen molar-refractivity contribution in [3.8, 4) is 0 Å². The first-order valence-electron chi connectivity index (χ1n) is 5.41. The van der Waals surface area contributed by atoms with E-state index in [1.165, 1.54) is 0 Å². The van der Waals surface area contributed by atoms with Crippen LogP contribution in [0.4, 0.5) is 4.79 Å². The van der Waals surface area contributed by atoms with E-state index in [9.17, 15) is 14.4 Å². The van der Waals surface area contributed by atoms with E-state index in [2.05, 4.69) is 24.5 Å². The Labute approximate surface area is 102 Å². The minimum atomic E-state index is -1.25. The van der Waals surface area contributed by atoms with E-state index >= 15 is 0 Å². The Morgan fingerprint density at radius 3 is 2.47 bits per heavy atom. The lowest BCUT2D eigenvalue weighted by molar-refractivity contribution is -0.132. The largest absolute Gasteiger partial charge is 0.533 e. The fourth-order valence-corrected chi connectivity index (χ4v) is 1.52. The number of hydrogen-bond acceptors (Lipinski definition) is 5.